The lowest BCUT2D eigenvalue weighted by Gasteiger charge is -2.37. The maximum absolute atomic E-state index is 11.3. The van der Waals surface area contributed by atoms with Crippen molar-refractivity contribution in [2.24, 2.45) is 11.1 Å². The molecule has 0 amide bonds. The van der Waals surface area contributed by atoms with Crippen LogP contribution in [0.4, 0.5) is 0 Å². The Kier molecular flexibility index (Phi) is 4.16. The van der Waals surface area contributed by atoms with E-state index in [1.165, 1.54) is 6.92 Å². The normalized spacial score (nSPS) is 16.9. The molecule has 0 spiro atoms. The van der Waals surface area contributed by atoms with Crippen LogP contribution < -0.4 is 5.73 Å². The van der Waals surface area contributed by atoms with E-state index < -0.39 is 23.3 Å². The minimum Gasteiger partial charge on any atom is -0.365 e. The second-order valence-corrected chi connectivity index (χ2v) is 3.63. The van der Waals surface area contributed by atoms with Crippen LogP contribution in [0.15, 0.2) is 0 Å². The summed E-state index contributed by atoms with van der Waals surface area (Å²) in [4.78, 5) is 11.3. The van der Waals surface area contributed by atoms with Gasteiger partial charge in [0.2, 0.25) is 6.29 Å². The molecule has 0 aliphatic heterocycles. The lowest BCUT2D eigenvalue weighted by molar-refractivity contribution is -0.232. The largest absolute Gasteiger partial charge is 0.365 e. The van der Waals surface area contributed by atoms with Gasteiger partial charge in [-0.25, -0.2) is 0 Å². The first-order chi connectivity index (χ1) is 6.16. The molecule has 0 aliphatic rings. The third-order valence-electron chi connectivity index (χ3n) is 2.47. The van der Waals surface area contributed by atoms with Crippen LogP contribution in [0.5, 0.6) is 0 Å². The number of carbonyl (C=O) groups is 1. The zero-order valence-corrected chi connectivity index (χ0v) is 8.27. The summed E-state index contributed by atoms with van der Waals surface area (Å²) >= 11 is 0. The third-order valence-corrected chi connectivity index (χ3v) is 2.47. The van der Waals surface area contributed by atoms with E-state index in [2.05, 4.69) is 0 Å². The Bertz CT molecular complexity index is 210. The van der Waals surface area contributed by atoms with E-state index in [9.17, 15) is 15.0 Å². The Morgan fingerprint density at radius 2 is 1.79 bits per heavy atom. The number of aliphatic hydroxyl groups is 4. The molecule has 0 aromatic rings. The summed E-state index contributed by atoms with van der Waals surface area (Å²) in [5.41, 5.74) is 3.53. The van der Waals surface area contributed by atoms with Gasteiger partial charge < -0.3 is 26.2 Å². The molecule has 0 saturated heterocycles. The molecule has 0 aromatic carbocycles. The Balaban J connectivity index is 5.00. The number of hydrogen-bond acceptors (Lipinski definition) is 6. The van der Waals surface area contributed by atoms with Crippen molar-refractivity contribution in [2.45, 2.75) is 32.3 Å². The molecule has 0 heterocycles. The van der Waals surface area contributed by atoms with Gasteiger partial charge in [0.05, 0.1) is 5.41 Å². The summed E-state index contributed by atoms with van der Waals surface area (Å²) in [5.74, 6) is -3.40. The fourth-order valence-electron chi connectivity index (χ4n) is 1.17. The molecule has 0 fully saturated rings. The lowest BCUT2D eigenvalue weighted by Crippen LogP contribution is -2.53. The Hall–Kier alpha value is -0.530. The van der Waals surface area contributed by atoms with Gasteiger partial charge in [0.1, 0.15) is 0 Å². The van der Waals surface area contributed by atoms with E-state index >= 15 is 0 Å². The van der Waals surface area contributed by atoms with Gasteiger partial charge in [0.15, 0.2) is 11.6 Å². The molecule has 6 N–H and O–H groups in total. The van der Waals surface area contributed by atoms with Gasteiger partial charge in [-0.05, 0) is 26.8 Å². The van der Waals surface area contributed by atoms with Crippen LogP contribution >= 0.6 is 0 Å². The van der Waals surface area contributed by atoms with E-state index in [1.54, 1.807) is 0 Å². The summed E-state index contributed by atoms with van der Waals surface area (Å²) < 4.78 is 0. The molecule has 0 bridgehead atoms. The van der Waals surface area contributed by atoms with Crippen LogP contribution in [-0.2, 0) is 4.79 Å². The highest BCUT2D eigenvalue weighted by Gasteiger charge is 2.49. The zero-order valence-electron chi connectivity index (χ0n) is 8.27. The number of carbonyl (C=O) groups excluding carboxylic acids is 1. The Labute approximate surface area is 82.0 Å². The van der Waals surface area contributed by atoms with E-state index in [1.807, 2.05) is 0 Å². The maximum Gasteiger partial charge on any atom is 0.213 e. The minimum atomic E-state index is -2.34. The lowest BCUT2D eigenvalue weighted by atomic mass is 9.75. The quantitative estimate of drug-likeness (QED) is 0.330. The van der Waals surface area contributed by atoms with Crippen LogP contribution in [-0.4, -0.2) is 44.8 Å². The van der Waals surface area contributed by atoms with Crippen LogP contribution in [0.1, 0.15) is 20.3 Å². The fraction of sp³-hybridized carbons (Fsp3) is 0.875. The second kappa shape index (κ2) is 4.33. The molecule has 1 unspecified atom stereocenters. The molecule has 14 heavy (non-hydrogen) atoms. The molecule has 0 aliphatic carbocycles. The predicted octanol–water partition coefficient (Wildman–Crippen LogP) is -2.08. The summed E-state index contributed by atoms with van der Waals surface area (Å²) in [7, 11) is 0. The molecule has 0 rings (SSSR count). The van der Waals surface area contributed by atoms with Crippen molar-refractivity contribution in [2.75, 3.05) is 6.54 Å². The van der Waals surface area contributed by atoms with Crippen molar-refractivity contribution in [3.8, 4) is 0 Å². The molecule has 0 aromatic heterocycles. The molecular formula is C8H17NO5. The van der Waals surface area contributed by atoms with Crippen LogP contribution in [0.25, 0.3) is 0 Å². The molecule has 1 atom stereocenters. The molecule has 0 saturated carbocycles. The van der Waals surface area contributed by atoms with Gasteiger partial charge in [-0.1, -0.05) is 0 Å². The van der Waals surface area contributed by atoms with Crippen molar-refractivity contribution in [3.63, 3.8) is 0 Å². The first kappa shape index (κ1) is 13.5. The summed E-state index contributed by atoms with van der Waals surface area (Å²) in [6.45, 7) is 2.26. The van der Waals surface area contributed by atoms with Crippen molar-refractivity contribution in [1.82, 2.24) is 0 Å². The predicted molar refractivity (Wildman–Crippen MR) is 47.9 cm³/mol. The Morgan fingerprint density at radius 1 is 1.36 bits per heavy atom. The third kappa shape index (κ3) is 2.49. The number of Topliss-reactive ketones (excluding diaryl/α,β-unsaturated/α-hetero) is 1. The monoisotopic (exact) mass is 207 g/mol. The van der Waals surface area contributed by atoms with Gasteiger partial charge >= 0.3 is 0 Å². The van der Waals surface area contributed by atoms with Gasteiger partial charge in [0, 0.05) is 0 Å². The van der Waals surface area contributed by atoms with Crippen molar-refractivity contribution in [3.05, 3.63) is 0 Å². The standard InChI is InChI=1S/C8H17NO5/c1-7(3-4-9,8(2,13)14)5(10)6(11)12/h6,11-14H,3-4,9H2,1-2H3. The number of ketones is 1. The molecular weight excluding hydrogens is 190 g/mol. The fourth-order valence-corrected chi connectivity index (χ4v) is 1.17. The summed E-state index contributed by atoms with van der Waals surface area (Å²) in [6, 6.07) is 0. The highest BCUT2D eigenvalue weighted by atomic mass is 16.5. The molecule has 6 heteroatoms. The summed E-state index contributed by atoms with van der Waals surface area (Å²) in [5, 5.41) is 36.1. The maximum atomic E-state index is 11.3. The SMILES string of the molecule is CC(O)(O)C(C)(CCN)C(=O)C(O)O. The van der Waals surface area contributed by atoms with Gasteiger partial charge in [-0.2, -0.15) is 0 Å². The van der Waals surface area contributed by atoms with Crippen molar-refractivity contribution in [1.29, 1.82) is 0 Å². The average Bonchev–Trinajstić information content (AvgIpc) is 2.01. The van der Waals surface area contributed by atoms with E-state index in [0.29, 0.717) is 0 Å². The Morgan fingerprint density at radius 3 is 2.00 bits per heavy atom. The first-order valence-corrected chi connectivity index (χ1v) is 4.22. The molecule has 0 radical (unpaired) electrons. The van der Waals surface area contributed by atoms with E-state index in [0.717, 1.165) is 6.92 Å². The smallest absolute Gasteiger partial charge is 0.213 e. The average molecular weight is 207 g/mol. The van der Waals surface area contributed by atoms with Crippen LogP contribution in [0.3, 0.4) is 0 Å². The summed E-state index contributed by atoms with van der Waals surface area (Å²) in [6.07, 6.45) is -2.28. The van der Waals surface area contributed by atoms with Gasteiger partial charge in [-0.15, -0.1) is 0 Å². The van der Waals surface area contributed by atoms with Crippen LogP contribution in [0, 0.1) is 5.41 Å². The zero-order chi connectivity index (χ0) is 11.6. The highest BCUT2D eigenvalue weighted by molar-refractivity contribution is 5.87. The van der Waals surface area contributed by atoms with Crippen LogP contribution in [0.2, 0.25) is 0 Å². The topological polar surface area (TPSA) is 124 Å². The molecule has 6 nitrogen and oxygen atoms in total. The molecule has 84 valence electrons. The highest BCUT2D eigenvalue weighted by Crippen LogP contribution is 2.34. The van der Waals surface area contributed by atoms with Gasteiger partial charge in [0.25, 0.3) is 0 Å². The number of nitrogens with two attached hydrogens (primary N) is 1. The minimum absolute atomic E-state index is 0.0334. The number of aliphatic hydroxyl groups excluding tert-OH is 1. The van der Waals surface area contributed by atoms with E-state index in [-0.39, 0.29) is 13.0 Å². The number of rotatable bonds is 5. The number of hydrogen-bond donors (Lipinski definition) is 5. The van der Waals surface area contributed by atoms with E-state index in [4.69, 9.17) is 15.9 Å². The van der Waals surface area contributed by atoms with Gasteiger partial charge in [-0.3, -0.25) is 4.79 Å². The first-order valence-electron chi connectivity index (χ1n) is 4.22. The van der Waals surface area contributed by atoms with Crippen molar-refractivity contribution < 1.29 is 25.2 Å². The second-order valence-electron chi connectivity index (χ2n) is 3.63. The van der Waals surface area contributed by atoms with Crippen molar-refractivity contribution >= 4 is 5.78 Å².